The zero-order valence-corrected chi connectivity index (χ0v) is 7.98. The van der Waals surface area contributed by atoms with Crippen molar-refractivity contribution >= 4 is 6.21 Å². The summed E-state index contributed by atoms with van der Waals surface area (Å²) in [5.74, 6) is 0. The van der Waals surface area contributed by atoms with Crippen molar-refractivity contribution in [2.24, 2.45) is 10.7 Å². The normalized spacial score (nSPS) is 35.2. The van der Waals surface area contributed by atoms with E-state index < -0.39 is 0 Å². The lowest BCUT2D eigenvalue weighted by molar-refractivity contribution is 0.927. The Kier molecular flexibility index (Phi) is 4.03. The summed E-state index contributed by atoms with van der Waals surface area (Å²) in [5.41, 5.74) is 6.54. The Hall–Kier alpha value is -1.31. The molecule has 1 aliphatic heterocycles. The van der Waals surface area contributed by atoms with Crippen LogP contribution in [0.3, 0.4) is 0 Å². The molecule has 1 atom stereocenters. The number of allylic oxidation sites excluding steroid dienone is 4. The lowest BCUT2D eigenvalue weighted by atomic mass is 10.2. The predicted molar refractivity (Wildman–Crippen MR) is 57.7 cm³/mol. The van der Waals surface area contributed by atoms with Gasteiger partial charge in [0.1, 0.15) is 0 Å². The molecule has 2 N–H and O–H groups in total. The number of hydrogen-bond donors (Lipinski definition) is 1. The molecular formula is C11H16N2. The molecule has 0 fully saturated rings. The Balaban J connectivity index is 2.70. The molecule has 0 bridgehead atoms. The maximum absolute atomic E-state index is 5.73. The standard InChI is InChI=1S/C11H16N2/c1-10-7-8-11(12)6-4-2-3-5-9-13-10/h2-3,6-10H,4-5,12H2,1H3/b3-2-,8-7-,11-6+,13-9-. The lowest BCUT2D eigenvalue weighted by Gasteiger charge is -1.97. The van der Waals surface area contributed by atoms with E-state index >= 15 is 0 Å². The molecule has 0 aromatic rings. The summed E-state index contributed by atoms with van der Waals surface area (Å²) in [4.78, 5) is 4.32. The van der Waals surface area contributed by atoms with Gasteiger partial charge in [0.05, 0.1) is 6.04 Å². The first-order chi connectivity index (χ1) is 6.29. The van der Waals surface area contributed by atoms with Gasteiger partial charge < -0.3 is 5.73 Å². The van der Waals surface area contributed by atoms with E-state index in [0.29, 0.717) is 0 Å². The van der Waals surface area contributed by atoms with Crippen LogP contribution in [0.25, 0.3) is 0 Å². The molecule has 2 nitrogen and oxygen atoms in total. The molecule has 0 saturated carbocycles. The second-order valence-electron chi connectivity index (χ2n) is 3.08. The third-order valence-corrected chi connectivity index (χ3v) is 1.81. The molecule has 1 aliphatic rings. The Bertz CT molecular complexity index is 259. The fourth-order valence-electron chi connectivity index (χ4n) is 1.05. The smallest absolute Gasteiger partial charge is 0.0651 e. The molecule has 13 heavy (non-hydrogen) atoms. The quantitative estimate of drug-likeness (QED) is 0.564. The minimum atomic E-state index is 0.221. The highest BCUT2D eigenvalue weighted by atomic mass is 14.7. The average molecular weight is 176 g/mol. The summed E-state index contributed by atoms with van der Waals surface area (Å²) in [6.07, 6.45) is 13.9. The first kappa shape index (κ1) is 9.78. The number of hydrogen-bond acceptors (Lipinski definition) is 2. The highest BCUT2D eigenvalue weighted by Crippen LogP contribution is 1.99. The molecule has 0 radical (unpaired) electrons. The van der Waals surface area contributed by atoms with E-state index in [1.807, 2.05) is 31.4 Å². The molecule has 1 unspecified atom stereocenters. The summed E-state index contributed by atoms with van der Waals surface area (Å²) >= 11 is 0. The van der Waals surface area contributed by atoms with E-state index in [1.54, 1.807) is 0 Å². The van der Waals surface area contributed by atoms with E-state index in [2.05, 4.69) is 17.1 Å². The van der Waals surface area contributed by atoms with E-state index in [0.717, 1.165) is 18.5 Å². The molecule has 0 saturated heterocycles. The second kappa shape index (κ2) is 5.36. The largest absolute Gasteiger partial charge is 0.399 e. The van der Waals surface area contributed by atoms with Crippen LogP contribution in [0.5, 0.6) is 0 Å². The first-order valence-electron chi connectivity index (χ1n) is 4.59. The highest BCUT2D eigenvalue weighted by Gasteiger charge is 1.90. The van der Waals surface area contributed by atoms with Crippen LogP contribution in [0.2, 0.25) is 0 Å². The van der Waals surface area contributed by atoms with Gasteiger partial charge in [0.25, 0.3) is 0 Å². The van der Waals surface area contributed by atoms with Crippen molar-refractivity contribution < 1.29 is 0 Å². The van der Waals surface area contributed by atoms with Crippen molar-refractivity contribution in [2.75, 3.05) is 0 Å². The van der Waals surface area contributed by atoms with Crippen molar-refractivity contribution in [3.8, 4) is 0 Å². The monoisotopic (exact) mass is 176 g/mol. The summed E-state index contributed by atoms with van der Waals surface area (Å²) in [6, 6.07) is 0.221. The lowest BCUT2D eigenvalue weighted by Crippen LogP contribution is -1.96. The van der Waals surface area contributed by atoms with Gasteiger partial charge in [-0.15, -0.1) is 0 Å². The maximum Gasteiger partial charge on any atom is 0.0651 e. The van der Waals surface area contributed by atoms with Crippen LogP contribution < -0.4 is 5.73 Å². The fraction of sp³-hybridized carbons (Fsp3) is 0.364. The van der Waals surface area contributed by atoms with Crippen molar-refractivity contribution in [3.05, 3.63) is 36.1 Å². The van der Waals surface area contributed by atoms with Crippen molar-refractivity contribution in [3.63, 3.8) is 0 Å². The molecule has 1 heterocycles. The molecular weight excluding hydrogens is 160 g/mol. The van der Waals surface area contributed by atoms with Crippen molar-refractivity contribution in [1.29, 1.82) is 0 Å². The van der Waals surface area contributed by atoms with Crippen molar-refractivity contribution in [2.45, 2.75) is 25.8 Å². The van der Waals surface area contributed by atoms with Gasteiger partial charge in [0.15, 0.2) is 0 Å². The predicted octanol–water partition coefficient (Wildman–Crippen LogP) is 2.19. The molecule has 70 valence electrons. The topological polar surface area (TPSA) is 38.4 Å². The number of nitrogens with two attached hydrogens (primary N) is 1. The molecule has 0 amide bonds. The van der Waals surface area contributed by atoms with Gasteiger partial charge in [-0.2, -0.15) is 0 Å². The number of rotatable bonds is 0. The van der Waals surface area contributed by atoms with Crippen LogP contribution in [0.1, 0.15) is 19.8 Å². The van der Waals surface area contributed by atoms with E-state index in [1.165, 1.54) is 0 Å². The Morgan fingerprint density at radius 3 is 3.00 bits per heavy atom. The molecule has 1 rings (SSSR count). The van der Waals surface area contributed by atoms with Crippen LogP contribution in [0.15, 0.2) is 41.1 Å². The molecule has 0 aliphatic carbocycles. The molecule has 2 heteroatoms. The number of nitrogens with zero attached hydrogens (tertiary/aromatic N) is 1. The van der Waals surface area contributed by atoms with Gasteiger partial charge in [0, 0.05) is 18.3 Å². The summed E-state index contributed by atoms with van der Waals surface area (Å²) in [5, 5.41) is 0. The SMILES string of the molecule is CC1/C=C\C(N)=C/C/C=C\C/C=N\1. The summed E-state index contributed by atoms with van der Waals surface area (Å²) < 4.78 is 0. The van der Waals surface area contributed by atoms with Gasteiger partial charge in [0.2, 0.25) is 0 Å². The zero-order valence-electron chi connectivity index (χ0n) is 7.98. The summed E-state index contributed by atoms with van der Waals surface area (Å²) in [6.45, 7) is 2.04. The van der Waals surface area contributed by atoms with E-state index in [9.17, 15) is 0 Å². The second-order valence-corrected chi connectivity index (χ2v) is 3.08. The third kappa shape index (κ3) is 4.31. The molecule has 0 aromatic heterocycles. The van der Waals surface area contributed by atoms with Gasteiger partial charge >= 0.3 is 0 Å². The van der Waals surface area contributed by atoms with Gasteiger partial charge in [-0.05, 0) is 19.4 Å². The van der Waals surface area contributed by atoms with Gasteiger partial charge in [-0.3, -0.25) is 4.99 Å². The zero-order chi connectivity index (χ0) is 9.52. The molecule has 0 aromatic carbocycles. The van der Waals surface area contributed by atoms with Crippen molar-refractivity contribution in [1.82, 2.24) is 0 Å². The van der Waals surface area contributed by atoms with Gasteiger partial charge in [-0.1, -0.05) is 24.3 Å². The van der Waals surface area contributed by atoms with Crippen LogP contribution in [0, 0.1) is 0 Å². The maximum atomic E-state index is 5.73. The summed E-state index contributed by atoms with van der Waals surface area (Å²) in [7, 11) is 0. The highest BCUT2D eigenvalue weighted by molar-refractivity contribution is 5.59. The van der Waals surface area contributed by atoms with Gasteiger partial charge in [-0.25, -0.2) is 0 Å². The Labute approximate surface area is 79.5 Å². The Morgan fingerprint density at radius 2 is 2.15 bits per heavy atom. The van der Waals surface area contributed by atoms with Crippen LogP contribution in [-0.2, 0) is 0 Å². The molecule has 0 spiro atoms. The number of aliphatic imine (C=N–C) groups is 1. The van der Waals surface area contributed by atoms with Crippen LogP contribution in [0.4, 0.5) is 0 Å². The Morgan fingerprint density at radius 1 is 1.38 bits per heavy atom. The van der Waals surface area contributed by atoms with E-state index in [-0.39, 0.29) is 6.04 Å². The first-order valence-corrected chi connectivity index (χ1v) is 4.59. The average Bonchev–Trinajstić information content (AvgIpc) is 2.15. The van der Waals surface area contributed by atoms with Crippen LogP contribution in [-0.4, -0.2) is 12.3 Å². The van der Waals surface area contributed by atoms with E-state index in [4.69, 9.17) is 5.73 Å². The minimum Gasteiger partial charge on any atom is -0.399 e. The third-order valence-electron chi connectivity index (χ3n) is 1.81. The minimum absolute atomic E-state index is 0.221. The van der Waals surface area contributed by atoms with Crippen LogP contribution >= 0.6 is 0 Å². The fourth-order valence-corrected chi connectivity index (χ4v) is 1.05.